The first-order valence-electron chi connectivity index (χ1n) is 8.26. The SMILES string of the molecule is C=C[C@H](c1ccc(OC)cc1)[C@@H](N=[N+]=[N-])C(=O)N1CCC[C@H]1C(=O)OC. The van der Waals surface area contributed by atoms with Crippen molar-refractivity contribution >= 4 is 11.9 Å². The lowest BCUT2D eigenvalue weighted by atomic mass is 9.91. The second-order valence-corrected chi connectivity index (χ2v) is 5.90. The molecule has 26 heavy (non-hydrogen) atoms. The molecule has 1 aliphatic rings. The molecule has 1 heterocycles. The Hall–Kier alpha value is -2.99. The summed E-state index contributed by atoms with van der Waals surface area (Å²) >= 11 is 0. The van der Waals surface area contributed by atoms with Crippen LogP contribution >= 0.6 is 0 Å². The summed E-state index contributed by atoms with van der Waals surface area (Å²) < 4.78 is 9.92. The predicted molar refractivity (Wildman–Crippen MR) is 95.6 cm³/mol. The lowest BCUT2D eigenvalue weighted by Gasteiger charge is -2.28. The summed E-state index contributed by atoms with van der Waals surface area (Å²) in [6.07, 6.45) is 2.79. The van der Waals surface area contributed by atoms with Crippen LogP contribution in [0.2, 0.25) is 0 Å². The number of ether oxygens (including phenoxy) is 2. The van der Waals surface area contributed by atoms with Gasteiger partial charge in [-0.05, 0) is 36.1 Å². The number of likely N-dealkylation sites (tertiary alicyclic amines) is 1. The van der Waals surface area contributed by atoms with Crippen LogP contribution in [0, 0.1) is 0 Å². The summed E-state index contributed by atoms with van der Waals surface area (Å²) in [5, 5.41) is 3.71. The Balaban J connectivity index is 2.32. The Bertz CT molecular complexity index is 712. The Labute approximate surface area is 152 Å². The Morgan fingerprint density at radius 1 is 1.38 bits per heavy atom. The van der Waals surface area contributed by atoms with E-state index in [-0.39, 0.29) is 0 Å². The maximum Gasteiger partial charge on any atom is 0.328 e. The summed E-state index contributed by atoms with van der Waals surface area (Å²) in [6.45, 7) is 4.20. The molecule has 1 aliphatic heterocycles. The van der Waals surface area contributed by atoms with Crippen LogP contribution < -0.4 is 4.74 Å². The van der Waals surface area contributed by atoms with E-state index in [4.69, 9.17) is 15.0 Å². The number of methoxy groups -OCH3 is 2. The number of esters is 1. The van der Waals surface area contributed by atoms with Crippen LogP contribution in [-0.4, -0.2) is 49.6 Å². The van der Waals surface area contributed by atoms with Crippen LogP contribution in [0.15, 0.2) is 42.0 Å². The molecule has 0 aromatic heterocycles. The van der Waals surface area contributed by atoms with Crippen molar-refractivity contribution in [2.75, 3.05) is 20.8 Å². The Morgan fingerprint density at radius 3 is 2.62 bits per heavy atom. The van der Waals surface area contributed by atoms with Crippen LogP contribution in [0.5, 0.6) is 5.75 Å². The third kappa shape index (κ3) is 3.97. The van der Waals surface area contributed by atoms with Crippen LogP contribution in [0.25, 0.3) is 10.4 Å². The highest BCUT2D eigenvalue weighted by Crippen LogP contribution is 2.29. The summed E-state index contributed by atoms with van der Waals surface area (Å²) in [5.74, 6) is -0.719. The van der Waals surface area contributed by atoms with Gasteiger partial charge in [-0.25, -0.2) is 4.79 Å². The van der Waals surface area contributed by atoms with Gasteiger partial charge in [-0.15, -0.1) is 6.58 Å². The highest BCUT2D eigenvalue weighted by Gasteiger charge is 2.39. The molecule has 8 nitrogen and oxygen atoms in total. The second kappa shape index (κ2) is 8.92. The largest absolute Gasteiger partial charge is 0.497 e. The monoisotopic (exact) mass is 358 g/mol. The molecule has 0 saturated carbocycles. The van der Waals surface area contributed by atoms with Crippen molar-refractivity contribution in [3.8, 4) is 5.75 Å². The summed E-state index contributed by atoms with van der Waals surface area (Å²) in [7, 11) is 2.85. The van der Waals surface area contributed by atoms with Crippen molar-refractivity contribution in [2.24, 2.45) is 5.11 Å². The van der Waals surface area contributed by atoms with Crippen molar-refractivity contribution < 1.29 is 19.1 Å². The maximum absolute atomic E-state index is 13.0. The molecular formula is C18H22N4O4. The van der Waals surface area contributed by atoms with E-state index >= 15 is 0 Å². The molecule has 0 unspecified atom stereocenters. The lowest BCUT2D eigenvalue weighted by Crippen LogP contribution is -2.46. The molecule has 0 N–H and O–H groups in total. The fourth-order valence-corrected chi connectivity index (χ4v) is 3.19. The van der Waals surface area contributed by atoms with Gasteiger partial charge in [0.2, 0.25) is 5.91 Å². The first-order chi connectivity index (χ1) is 12.6. The number of benzene rings is 1. The Kier molecular flexibility index (Phi) is 6.63. The van der Waals surface area contributed by atoms with E-state index in [9.17, 15) is 9.59 Å². The van der Waals surface area contributed by atoms with E-state index in [1.165, 1.54) is 12.0 Å². The minimum Gasteiger partial charge on any atom is -0.497 e. The number of rotatable bonds is 7. The highest BCUT2D eigenvalue weighted by molar-refractivity contribution is 5.89. The second-order valence-electron chi connectivity index (χ2n) is 5.90. The summed E-state index contributed by atoms with van der Waals surface area (Å²) in [6, 6.07) is 5.43. The predicted octanol–water partition coefficient (Wildman–Crippen LogP) is 2.81. The smallest absolute Gasteiger partial charge is 0.328 e. The average Bonchev–Trinajstić information content (AvgIpc) is 3.17. The quantitative estimate of drug-likeness (QED) is 0.246. The van der Waals surface area contributed by atoms with Crippen molar-refractivity contribution in [3.05, 3.63) is 52.9 Å². The molecule has 0 radical (unpaired) electrons. The number of carbonyl (C=O) groups is 2. The number of amides is 1. The van der Waals surface area contributed by atoms with E-state index in [0.29, 0.717) is 25.1 Å². The first-order valence-corrected chi connectivity index (χ1v) is 8.26. The molecule has 1 fully saturated rings. The number of hydrogen-bond donors (Lipinski definition) is 0. The normalized spacial score (nSPS) is 18.4. The van der Waals surface area contributed by atoms with Crippen molar-refractivity contribution in [2.45, 2.75) is 30.8 Å². The fourth-order valence-electron chi connectivity index (χ4n) is 3.19. The van der Waals surface area contributed by atoms with E-state index in [2.05, 4.69) is 16.6 Å². The zero-order valence-corrected chi connectivity index (χ0v) is 14.9. The molecule has 0 bridgehead atoms. The van der Waals surface area contributed by atoms with Gasteiger partial charge in [0.1, 0.15) is 17.8 Å². The van der Waals surface area contributed by atoms with Gasteiger partial charge in [-0.2, -0.15) is 0 Å². The van der Waals surface area contributed by atoms with Gasteiger partial charge in [0.25, 0.3) is 0 Å². The van der Waals surface area contributed by atoms with E-state index in [0.717, 1.165) is 5.56 Å². The van der Waals surface area contributed by atoms with Crippen LogP contribution in [0.3, 0.4) is 0 Å². The lowest BCUT2D eigenvalue weighted by molar-refractivity contribution is -0.151. The zero-order valence-electron chi connectivity index (χ0n) is 14.9. The van der Waals surface area contributed by atoms with E-state index in [1.54, 1.807) is 37.5 Å². The van der Waals surface area contributed by atoms with Crippen molar-refractivity contribution in [1.82, 2.24) is 4.90 Å². The van der Waals surface area contributed by atoms with E-state index < -0.39 is 29.9 Å². The molecule has 138 valence electrons. The molecule has 1 aromatic carbocycles. The van der Waals surface area contributed by atoms with Gasteiger partial charge < -0.3 is 14.4 Å². The van der Waals surface area contributed by atoms with Crippen molar-refractivity contribution in [3.63, 3.8) is 0 Å². The van der Waals surface area contributed by atoms with E-state index in [1.807, 2.05) is 0 Å². The van der Waals surface area contributed by atoms with Gasteiger partial charge in [0.05, 0.1) is 14.2 Å². The number of azide groups is 1. The average molecular weight is 358 g/mol. The molecule has 3 atom stereocenters. The van der Waals surface area contributed by atoms with Gasteiger partial charge in [0, 0.05) is 17.4 Å². The van der Waals surface area contributed by atoms with Gasteiger partial charge in [0.15, 0.2) is 0 Å². The standard InChI is InChI=1S/C18H22N4O4/c1-4-14(12-7-9-13(25-2)10-8-12)16(20-21-19)17(23)22-11-5-6-15(22)18(24)26-3/h4,7-10,14-16H,1,5-6,11H2,2-3H3/t14-,15+,16-/m1/s1. The third-order valence-electron chi connectivity index (χ3n) is 4.53. The topological polar surface area (TPSA) is 105 Å². The zero-order chi connectivity index (χ0) is 19.1. The number of carbonyl (C=O) groups excluding carboxylic acids is 2. The number of nitrogens with zero attached hydrogens (tertiary/aromatic N) is 4. The molecule has 8 heteroatoms. The number of hydrogen-bond acceptors (Lipinski definition) is 5. The first kappa shape index (κ1) is 19.3. The summed E-state index contributed by atoms with van der Waals surface area (Å²) in [5.41, 5.74) is 9.73. The van der Waals surface area contributed by atoms with Crippen LogP contribution in [0.4, 0.5) is 0 Å². The molecule has 1 amide bonds. The molecule has 2 rings (SSSR count). The van der Waals surface area contributed by atoms with Crippen LogP contribution in [0.1, 0.15) is 24.3 Å². The molecule has 1 saturated heterocycles. The highest BCUT2D eigenvalue weighted by atomic mass is 16.5. The molecule has 0 spiro atoms. The van der Waals surface area contributed by atoms with Gasteiger partial charge >= 0.3 is 5.97 Å². The fraction of sp³-hybridized carbons (Fsp3) is 0.444. The Morgan fingerprint density at radius 2 is 2.08 bits per heavy atom. The minimum atomic E-state index is -1.03. The van der Waals surface area contributed by atoms with Gasteiger partial charge in [-0.3, -0.25) is 4.79 Å². The third-order valence-corrected chi connectivity index (χ3v) is 4.53. The molecule has 0 aliphatic carbocycles. The van der Waals surface area contributed by atoms with Crippen LogP contribution in [-0.2, 0) is 14.3 Å². The maximum atomic E-state index is 13.0. The minimum absolute atomic E-state index is 0.406. The molecule has 1 aromatic rings. The summed E-state index contributed by atoms with van der Waals surface area (Å²) in [4.78, 5) is 29.3. The molecular weight excluding hydrogens is 336 g/mol. The van der Waals surface area contributed by atoms with Gasteiger partial charge in [-0.1, -0.05) is 23.3 Å². The van der Waals surface area contributed by atoms with Crippen molar-refractivity contribution in [1.29, 1.82) is 0 Å².